The van der Waals surface area contributed by atoms with Gasteiger partial charge in [-0.2, -0.15) is 0 Å². The summed E-state index contributed by atoms with van der Waals surface area (Å²) in [6.07, 6.45) is 4.02. The topological polar surface area (TPSA) is 41.6 Å². The molecule has 0 unspecified atom stereocenters. The summed E-state index contributed by atoms with van der Waals surface area (Å²) in [5, 5.41) is 4.93. The second-order valence-corrected chi connectivity index (χ2v) is 11.7. The first-order valence-corrected chi connectivity index (χ1v) is 14.3. The summed E-state index contributed by atoms with van der Waals surface area (Å²) >= 11 is 12.7. The third-order valence-electron chi connectivity index (χ3n) is 7.89. The standard InChI is InChI=1S/C33H38Cl2N2O2/c1-5-18-33(3)21-30(26-7-6-8-28(35)20-26)31(25-11-13-27(34)14-12-25)37(32(33)38)23(2)17-19-36-22-24-9-15-29(39-4)16-10-24/h5-16,20,23,30-31,36H,1,17-19,21-22H2,2-4H3/t23-,30+,31+,33+/m0/s1. The zero-order chi connectivity index (χ0) is 28.0. The van der Waals surface area contributed by atoms with Gasteiger partial charge in [0.2, 0.25) is 5.91 Å². The maximum Gasteiger partial charge on any atom is 0.229 e. The van der Waals surface area contributed by atoms with Crippen molar-refractivity contribution in [2.45, 2.75) is 57.7 Å². The molecule has 4 atom stereocenters. The van der Waals surface area contributed by atoms with E-state index in [1.165, 1.54) is 5.56 Å². The van der Waals surface area contributed by atoms with E-state index in [2.05, 4.69) is 61.0 Å². The van der Waals surface area contributed by atoms with Crippen LogP contribution in [-0.2, 0) is 11.3 Å². The van der Waals surface area contributed by atoms with E-state index in [4.69, 9.17) is 27.9 Å². The number of nitrogens with one attached hydrogen (secondary N) is 1. The Morgan fingerprint density at radius 1 is 1.08 bits per heavy atom. The first kappa shape index (κ1) is 29.2. The van der Waals surface area contributed by atoms with Crippen molar-refractivity contribution in [1.29, 1.82) is 0 Å². The van der Waals surface area contributed by atoms with Crippen LogP contribution in [0.2, 0.25) is 10.0 Å². The molecule has 1 fully saturated rings. The van der Waals surface area contributed by atoms with Crippen LogP contribution in [0.1, 0.15) is 61.8 Å². The monoisotopic (exact) mass is 564 g/mol. The molecule has 4 nitrogen and oxygen atoms in total. The molecule has 1 N–H and O–H groups in total. The highest BCUT2D eigenvalue weighted by Crippen LogP contribution is 2.52. The second-order valence-electron chi connectivity index (χ2n) is 10.8. The number of likely N-dealkylation sites (tertiary alicyclic amines) is 1. The van der Waals surface area contributed by atoms with Crippen molar-refractivity contribution in [3.63, 3.8) is 0 Å². The van der Waals surface area contributed by atoms with Crippen LogP contribution in [-0.4, -0.2) is 30.5 Å². The van der Waals surface area contributed by atoms with Crippen LogP contribution < -0.4 is 10.1 Å². The molecule has 1 saturated heterocycles. The Bertz CT molecular complexity index is 1260. The first-order valence-electron chi connectivity index (χ1n) is 13.5. The number of allylic oxidation sites excluding steroid dienone is 1. The van der Waals surface area contributed by atoms with E-state index < -0.39 is 5.41 Å². The van der Waals surface area contributed by atoms with Crippen molar-refractivity contribution in [3.8, 4) is 5.75 Å². The number of methoxy groups -OCH3 is 1. The number of carbonyl (C=O) groups is 1. The molecule has 0 spiro atoms. The van der Waals surface area contributed by atoms with Gasteiger partial charge in [-0.1, -0.05) is 72.6 Å². The third kappa shape index (κ3) is 6.87. The molecule has 6 heteroatoms. The predicted octanol–water partition coefficient (Wildman–Crippen LogP) is 8.21. The van der Waals surface area contributed by atoms with Crippen molar-refractivity contribution < 1.29 is 9.53 Å². The van der Waals surface area contributed by atoms with Crippen LogP contribution in [0.5, 0.6) is 5.75 Å². The largest absolute Gasteiger partial charge is 0.497 e. The molecule has 0 saturated carbocycles. The smallest absolute Gasteiger partial charge is 0.229 e. The molecule has 1 aliphatic rings. The van der Waals surface area contributed by atoms with Gasteiger partial charge in [0.05, 0.1) is 18.6 Å². The van der Waals surface area contributed by atoms with E-state index in [1.54, 1.807) is 7.11 Å². The van der Waals surface area contributed by atoms with E-state index in [-0.39, 0.29) is 23.9 Å². The molecule has 0 aromatic heterocycles. The number of halogens is 2. The fourth-order valence-electron chi connectivity index (χ4n) is 5.80. The van der Waals surface area contributed by atoms with Gasteiger partial charge in [0, 0.05) is 28.5 Å². The van der Waals surface area contributed by atoms with Gasteiger partial charge in [0.25, 0.3) is 0 Å². The maximum atomic E-state index is 14.3. The molecule has 1 heterocycles. The quantitative estimate of drug-likeness (QED) is 0.188. The normalized spacial score (nSPS) is 22.0. The molecule has 3 aromatic carbocycles. The second kappa shape index (κ2) is 13.0. The number of amides is 1. The third-order valence-corrected chi connectivity index (χ3v) is 8.37. The van der Waals surface area contributed by atoms with Gasteiger partial charge >= 0.3 is 0 Å². The van der Waals surface area contributed by atoms with Crippen molar-refractivity contribution in [2.24, 2.45) is 5.41 Å². The Hall–Kier alpha value is -2.79. The molecule has 39 heavy (non-hydrogen) atoms. The summed E-state index contributed by atoms with van der Waals surface area (Å²) in [5.74, 6) is 1.09. The van der Waals surface area contributed by atoms with E-state index >= 15 is 0 Å². The van der Waals surface area contributed by atoms with E-state index in [9.17, 15) is 4.79 Å². The molecule has 1 amide bonds. The Morgan fingerprint density at radius 3 is 2.44 bits per heavy atom. The average Bonchev–Trinajstić information content (AvgIpc) is 2.93. The van der Waals surface area contributed by atoms with Crippen molar-refractivity contribution >= 4 is 29.1 Å². The number of rotatable bonds is 11. The Labute approximate surface area is 243 Å². The lowest BCUT2D eigenvalue weighted by atomic mass is 9.67. The van der Waals surface area contributed by atoms with Gasteiger partial charge in [-0.3, -0.25) is 4.79 Å². The minimum Gasteiger partial charge on any atom is -0.497 e. The highest BCUT2D eigenvalue weighted by molar-refractivity contribution is 6.30. The molecular weight excluding hydrogens is 527 g/mol. The number of benzene rings is 3. The summed E-state index contributed by atoms with van der Waals surface area (Å²) in [6.45, 7) is 9.75. The average molecular weight is 566 g/mol. The van der Waals surface area contributed by atoms with Crippen LogP contribution in [0.3, 0.4) is 0 Å². The molecule has 0 radical (unpaired) electrons. The number of hydrogen-bond donors (Lipinski definition) is 1. The van der Waals surface area contributed by atoms with Gasteiger partial charge in [0.1, 0.15) is 5.75 Å². The van der Waals surface area contributed by atoms with Crippen LogP contribution in [0.25, 0.3) is 0 Å². The van der Waals surface area contributed by atoms with Crippen molar-refractivity contribution in [3.05, 3.63) is 112 Å². The van der Waals surface area contributed by atoms with Crippen LogP contribution in [0, 0.1) is 5.41 Å². The Morgan fingerprint density at radius 2 is 1.79 bits per heavy atom. The molecule has 0 aliphatic carbocycles. The Balaban J connectivity index is 1.62. The lowest BCUT2D eigenvalue weighted by Crippen LogP contribution is -2.55. The van der Waals surface area contributed by atoms with E-state index in [0.29, 0.717) is 22.9 Å². The summed E-state index contributed by atoms with van der Waals surface area (Å²) in [4.78, 5) is 16.4. The van der Waals surface area contributed by atoms with Crippen LogP contribution >= 0.6 is 23.2 Å². The summed E-state index contributed by atoms with van der Waals surface area (Å²) in [5.41, 5.74) is 2.86. The van der Waals surface area contributed by atoms with E-state index in [1.807, 2.05) is 48.5 Å². The van der Waals surface area contributed by atoms with Crippen molar-refractivity contribution in [1.82, 2.24) is 10.2 Å². The fourth-order valence-corrected chi connectivity index (χ4v) is 6.12. The molecular formula is C33H38Cl2N2O2. The number of ether oxygens (including phenoxy) is 1. The number of carbonyl (C=O) groups excluding carboxylic acids is 1. The number of hydrogen-bond acceptors (Lipinski definition) is 3. The first-order chi connectivity index (χ1) is 18.8. The van der Waals surface area contributed by atoms with E-state index in [0.717, 1.165) is 36.4 Å². The van der Waals surface area contributed by atoms with Gasteiger partial charge in [0.15, 0.2) is 0 Å². The van der Waals surface area contributed by atoms with Gasteiger partial charge in [-0.25, -0.2) is 0 Å². The van der Waals surface area contributed by atoms with Crippen molar-refractivity contribution in [2.75, 3.05) is 13.7 Å². The lowest BCUT2D eigenvalue weighted by molar-refractivity contribution is -0.154. The summed E-state index contributed by atoms with van der Waals surface area (Å²) in [6, 6.07) is 23.9. The number of piperidine rings is 1. The predicted molar refractivity (Wildman–Crippen MR) is 162 cm³/mol. The summed E-state index contributed by atoms with van der Waals surface area (Å²) in [7, 11) is 1.67. The van der Waals surface area contributed by atoms with Gasteiger partial charge in [-0.15, -0.1) is 6.58 Å². The number of nitrogens with zero attached hydrogens (tertiary/aromatic N) is 1. The van der Waals surface area contributed by atoms with Gasteiger partial charge in [-0.05, 0) is 85.8 Å². The zero-order valence-corrected chi connectivity index (χ0v) is 24.5. The highest BCUT2D eigenvalue weighted by Gasteiger charge is 2.50. The maximum absolute atomic E-state index is 14.3. The Kier molecular flexibility index (Phi) is 9.76. The SMILES string of the molecule is C=CC[C@]1(C)C[C@H](c2cccc(Cl)c2)[C@@H](c2ccc(Cl)cc2)N([C@@H](C)CCNCc2ccc(OC)cc2)C1=O. The van der Waals surface area contributed by atoms with Crippen LogP contribution in [0.15, 0.2) is 85.5 Å². The molecule has 0 bridgehead atoms. The minimum absolute atomic E-state index is 0.00710. The minimum atomic E-state index is -0.553. The molecule has 1 aliphatic heterocycles. The fraction of sp³-hybridized carbons (Fsp3) is 0.364. The van der Waals surface area contributed by atoms with Crippen LogP contribution in [0.4, 0.5) is 0 Å². The van der Waals surface area contributed by atoms with Gasteiger partial charge < -0.3 is 15.0 Å². The molecule has 3 aromatic rings. The molecule has 4 rings (SSSR count). The molecule has 206 valence electrons. The lowest BCUT2D eigenvalue weighted by Gasteiger charge is -2.51. The summed E-state index contributed by atoms with van der Waals surface area (Å²) < 4.78 is 5.26. The zero-order valence-electron chi connectivity index (χ0n) is 23.0. The highest BCUT2D eigenvalue weighted by atomic mass is 35.5.